The summed E-state index contributed by atoms with van der Waals surface area (Å²) in [5.74, 6) is -0.357. The highest BCUT2D eigenvalue weighted by atomic mass is 79.9. The standard InChI is InChI=1S/C17H20BrFN2O3/c18-15-11-13(19)1-2-14(15)17(23)20-5-3-12(4-6-20)16(22)21-7-9-24-10-8-21/h1-2,11-12H,3-10H2. The Morgan fingerprint density at radius 3 is 2.38 bits per heavy atom. The van der Waals surface area contributed by atoms with Gasteiger partial charge in [0.25, 0.3) is 5.91 Å². The molecule has 2 heterocycles. The van der Waals surface area contributed by atoms with Gasteiger partial charge in [-0.1, -0.05) is 0 Å². The van der Waals surface area contributed by atoms with E-state index in [0.717, 1.165) is 0 Å². The minimum Gasteiger partial charge on any atom is -0.378 e. The number of hydrogen-bond donors (Lipinski definition) is 0. The largest absolute Gasteiger partial charge is 0.378 e. The number of rotatable bonds is 2. The molecule has 5 nitrogen and oxygen atoms in total. The van der Waals surface area contributed by atoms with Crippen molar-refractivity contribution in [2.45, 2.75) is 12.8 Å². The third kappa shape index (κ3) is 3.78. The number of carbonyl (C=O) groups excluding carboxylic acids is 2. The van der Waals surface area contributed by atoms with Crippen molar-refractivity contribution < 1.29 is 18.7 Å². The van der Waals surface area contributed by atoms with Gasteiger partial charge in [0.05, 0.1) is 18.8 Å². The van der Waals surface area contributed by atoms with Gasteiger partial charge >= 0.3 is 0 Å². The number of ether oxygens (including phenoxy) is 1. The molecule has 130 valence electrons. The van der Waals surface area contributed by atoms with Gasteiger partial charge in [0.15, 0.2) is 0 Å². The van der Waals surface area contributed by atoms with E-state index in [4.69, 9.17) is 4.74 Å². The van der Waals surface area contributed by atoms with Gasteiger partial charge < -0.3 is 14.5 Å². The predicted octanol–water partition coefficient (Wildman–Crippen LogP) is 2.30. The normalized spacial score (nSPS) is 19.4. The molecule has 0 aliphatic carbocycles. The molecule has 2 fully saturated rings. The molecule has 0 aromatic heterocycles. The van der Waals surface area contributed by atoms with Crippen LogP contribution in [0, 0.1) is 11.7 Å². The molecule has 2 aliphatic heterocycles. The summed E-state index contributed by atoms with van der Waals surface area (Å²) in [6.07, 6.45) is 1.33. The van der Waals surface area contributed by atoms with E-state index in [1.165, 1.54) is 18.2 Å². The minimum absolute atomic E-state index is 0.0243. The molecule has 2 amide bonds. The number of piperidine rings is 1. The summed E-state index contributed by atoms with van der Waals surface area (Å²) in [5, 5.41) is 0. The fraction of sp³-hybridized carbons (Fsp3) is 0.529. The van der Waals surface area contributed by atoms with E-state index in [9.17, 15) is 14.0 Å². The minimum atomic E-state index is -0.381. The van der Waals surface area contributed by atoms with Crippen molar-refractivity contribution in [1.29, 1.82) is 0 Å². The zero-order valence-corrected chi connectivity index (χ0v) is 14.9. The van der Waals surface area contributed by atoms with Crippen LogP contribution in [-0.4, -0.2) is 61.0 Å². The Bertz CT molecular complexity index is 626. The lowest BCUT2D eigenvalue weighted by Gasteiger charge is -2.35. The lowest BCUT2D eigenvalue weighted by Crippen LogP contribution is -2.47. The Morgan fingerprint density at radius 1 is 1.08 bits per heavy atom. The maximum absolute atomic E-state index is 13.2. The molecule has 1 aromatic rings. The van der Waals surface area contributed by atoms with Crippen molar-refractivity contribution in [2.24, 2.45) is 5.92 Å². The highest BCUT2D eigenvalue weighted by Gasteiger charge is 2.31. The van der Waals surface area contributed by atoms with Crippen LogP contribution in [0.4, 0.5) is 4.39 Å². The summed E-state index contributed by atoms with van der Waals surface area (Å²) in [7, 11) is 0. The van der Waals surface area contributed by atoms with Crippen molar-refractivity contribution in [3.8, 4) is 0 Å². The van der Waals surface area contributed by atoms with Gasteiger partial charge in [0, 0.05) is 36.6 Å². The van der Waals surface area contributed by atoms with Gasteiger partial charge in [-0.25, -0.2) is 4.39 Å². The third-order valence-corrected chi connectivity index (χ3v) is 5.27. The SMILES string of the molecule is O=C(c1ccc(F)cc1Br)N1CCC(C(=O)N2CCOCC2)CC1. The average molecular weight is 399 g/mol. The van der Waals surface area contributed by atoms with Crippen molar-refractivity contribution in [3.05, 3.63) is 34.1 Å². The molecule has 0 bridgehead atoms. The van der Waals surface area contributed by atoms with Crippen LogP contribution in [0.15, 0.2) is 22.7 Å². The number of hydrogen-bond acceptors (Lipinski definition) is 3. The molecule has 3 rings (SSSR count). The summed E-state index contributed by atoms with van der Waals surface area (Å²) in [5.41, 5.74) is 0.453. The Labute approximate surface area is 148 Å². The number of likely N-dealkylation sites (tertiary alicyclic amines) is 1. The highest BCUT2D eigenvalue weighted by Crippen LogP contribution is 2.24. The van der Waals surface area contributed by atoms with Gasteiger partial charge in [-0.2, -0.15) is 0 Å². The van der Waals surface area contributed by atoms with Crippen LogP contribution in [0.5, 0.6) is 0 Å². The maximum Gasteiger partial charge on any atom is 0.255 e. The van der Waals surface area contributed by atoms with Gasteiger partial charge in [-0.3, -0.25) is 9.59 Å². The van der Waals surface area contributed by atoms with Crippen molar-refractivity contribution in [3.63, 3.8) is 0 Å². The van der Waals surface area contributed by atoms with Gasteiger partial charge in [-0.05, 0) is 47.0 Å². The first-order valence-corrected chi connectivity index (χ1v) is 8.96. The summed E-state index contributed by atoms with van der Waals surface area (Å²) in [6.45, 7) is 3.59. The highest BCUT2D eigenvalue weighted by molar-refractivity contribution is 9.10. The van der Waals surface area contributed by atoms with Crippen LogP contribution >= 0.6 is 15.9 Å². The summed E-state index contributed by atoms with van der Waals surface area (Å²) in [4.78, 5) is 28.7. The van der Waals surface area contributed by atoms with Crippen LogP contribution in [-0.2, 0) is 9.53 Å². The smallest absolute Gasteiger partial charge is 0.255 e. The van der Waals surface area contributed by atoms with Crippen LogP contribution in [0.25, 0.3) is 0 Å². The quantitative estimate of drug-likeness (QED) is 0.767. The van der Waals surface area contributed by atoms with Crippen LogP contribution in [0.2, 0.25) is 0 Å². The monoisotopic (exact) mass is 398 g/mol. The molecule has 0 radical (unpaired) electrons. The molecule has 2 saturated heterocycles. The van der Waals surface area contributed by atoms with E-state index in [2.05, 4.69) is 15.9 Å². The predicted molar refractivity (Wildman–Crippen MR) is 90.1 cm³/mol. The molecular formula is C17H20BrFN2O3. The summed E-state index contributed by atoms with van der Waals surface area (Å²) < 4.78 is 18.9. The second kappa shape index (κ2) is 7.61. The fourth-order valence-corrected chi connectivity index (χ4v) is 3.73. The fourth-order valence-electron chi connectivity index (χ4n) is 3.20. The number of amides is 2. The first kappa shape index (κ1) is 17.4. The van der Waals surface area contributed by atoms with Gasteiger partial charge in [-0.15, -0.1) is 0 Å². The zero-order chi connectivity index (χ0) is 17.1. The first-order chi connectivity index (χ1) is 11.6. The van der Waals surface area contributed by atoms with Crippen LogP contribution in [0.1, 0.15) is 23.2 Å². The first-order valence-electron chi connectivity index (χ1n) is 8.17. The van der Waals surface area contributed by atoms with Crippen molar-refractivity contribution in [2.75, 3.05) is 39.4 Å². The third-order valence-electron chi connectivity index (χ3n) is 4.62. The van der Waals surface area contributed by atoms with Crippen LogP contribution in [0.3, 0.4) is 0 Å². The lowest BCUT2D eigenvalue weighted by atomic mass is 9.94. The molecule has 1 aromatic carbocycles. The topological polar surface area (TPSA) is 49.9 Å². The number of benzene rings is 1. The Hall–Kier alpha value is -1.47. The molecule has 0 spiro atoms. The van der Waals surface area contributed by atoms with E-state index >= 15 is 0 Å². The molecule has 2 aliphatic rings. The van der Waals surface area contributed by atoms with E-state index in [1.54, 1.807) is 4.90 Å². The van der Waals surface area contributed by atoms with Crippen molar-refractivity contribution >= 4 is 27.7 Å². The van der Waals surface area contributed by atoms with Gasteiger partial charge in [0.2, 0.25) is 5.91 Å². The zero-order valence-electron chi connectivity index (χ0n) is 13.3. The molecule has 0 unspecified atom stereocenters. The number of nitrogens with zero attached hydrogens (tertiary/aromatic N) is 2. The van der Waals surface area contributed by atoms with Crippen LogP contribution < -0.4 is 0 Å². The lowest BCUT2D eigenvalue weighted by molar-refractivity contribution is -0.141. The van der Waals surface area contributed by atoms with Crippen molar-refractivity contribution in [1.82, 2.24) is 9.80 Å². The van der Waals surface area contributed by atoms with E-state index in [1.807, 2.05) is 4.90 Å². The van der Waals surface area contributed by atoms with E-state index < -0.39 is 0 Å². The molecular weight excluding hydrogens is 379 g/mol. The maximum atomic E-state index is 13.2. The Kier molecular flexibility index (Phi) is 5.50. The number of carbonyl (C=O) groups is 2. The summed E-state index contributed by atoms with van der Waals surface area (Å²) >= 11 is 3.24. The number of halogens is 2. The Balaban J connectivity index is 1.58. The second-order valence-electron chi connectivity index (χ2n) is 6.13. The molecule has 0 N–H and O–H groups in total. The van der Waals surface area contributed by atoms with E-state index in [-0.39, 0.29) is 23.5 Å². The van der Waals surface area contributed by atoms with E-state index in [0.29, 0.717) is 62.3 Å². The second-order valence-corrected chi connectivity index (χ2v) is 6.98. The average Bonchev–Trinajstić information content (AvgIpc) is 2.61. The van der Waals surface area contributed by atoms with Gasteiger partial charge in [0.1, 0.15) is 5.82 Å². The Morgan fingerprint density at radius 2 is 1.75 bits per heavy atom. The molecule has 7 heteroatoms. The summed E-state index contributed by atoms with van der Waals surface area (Å²) in [6, 6.07) is 4.07. The number of morpholine rings is 1. The molecule has 24 heavy (non-hydrogen) atoms. The molecule has 0 saturated carbocycles. The molecule has 0 atom stereocenters.